The second-order valence-electron chi connectivity index (χ2n) is 3.86. The van der Waals surface area contributed by atoms with Gasteiger partial charge in [-0.3, -0.25) is 0 Å². The lowest BCUT2D eigenvalue weighted by Crippen LogP contribution is -2.42. The molecular formula is C9H16F2O. The summed E-state index contributed by atoms with van der Waals surface area (Å²) >= 11 is 0. The third-order valence-corrected chi connectivity index (χ3v) is 2.87. The van der Waals surface area contributed by atoms with E-state index in [1.165, 1.54) is 6.92 Å². The van der Waals surface area contributed by atoms with Gasteiger partial charge in [0.25, 0.3) is 6.43 Å². The zero-order chi connectivity index (χ0) is 9.19. The average Bonchev–Trinajstić information content (AvgIpc) is 2.06. The molecule has 0 radical (unpaired) electrons. The first-order valence-corrected chi connectivity index (χ1v) is 4.55. The SMILES string of the molecule is CC(O)(C(F)F)C1CCCCC1. The topological polar surface area (TPSA) is 20.2 Å². The van der Waals surface area contributed by atoms with Gasteiger partial charge in [-0.1, -0.05) is 19.3 Å². The summed E-state index contributed by atoms with van der Waals surface area (Å²) in [6, 6.07) is 0. The lowest BCUT2D eigenvalue weighted by atomic mass is 9.78. The van der Waals surface area contributed by atoms with Gasteiger partial charge in [0.2, 0.25) is 0 Å². The quantitative estimate of drug-likeness (QED) is 0.689. The lowest BCUT2D eigenvalue weighted by Gasteiger charge is -2.34. The predicted molar refractivity (Wildman–Crippen MR) is 43.2 cm³/mol. The van der Waals surface area contributed by atoms with Gasteiger partial charge >= 0.3 is 0 Å². The smallest absolute Gasteiger partial charge is 0.266 e. The highest BCUT2D eigenvalue weighted by atomic mass is 19.3. The molecule has 0 saturated heterocycles. The number of alkyl halides is 2. The van der Waals surface area contributed by atoms with E-state index in [4.69, 9.17) is 0 Å². The van der Waals surface area contributed by atoms with Crippen molar-refractivity contribution >= 4 is 0 Å². The van der Waals surface area contributed by atoms with Crippen molar-refractivity contribution in [2.75, 3.05) is 0 Å². The molecule has 0 amide bonds. The molecule has 1 N–H and O–H groups in total. The molecule has 0 aromatic carbocycles. The minimum atomic E-state index is -2.61. The van der Waals surface area contributed by atoms with Crippen molar-refractivity contribution in [1.82, 2.24) is 0 Å². The highest BCUT2D eigenvalue weighted by Crippen LogP contribution is 2.35. The second-order valence-corrected chi connectivity index (χ2v) is 3.86. The van der Waals surface area contributed by atoms with Crippen LogP contribution in [-0.4, -0.2) is 17.1 Å². The molecule has 72 valence electrons. The molecule has 1 saturated carbocycles. The van der Waals surface area contributed by atoms with Crippen LogP contribution in [-0.2, 0) is 0 Å². The Labute approximate surface area is 71.8 Å². The molecule has 1 unspecified atom stereocenters. The Bertz CT molecular complexity index is 139. The Morgan fingerprint density at radius 3 is 2.17 bits per heavy atom. The molecule has 0 aromatic heterocycles. The molecule has 1 fully saturated rings. The molecule has 0 spiro atoms. The van der Waals surface area contributed by atoms with Crippen LogP contribution in [0, 0.1) is 5.92 Å². The summed E-state index contributed by atoms with van der Waals surface area (Å²) in [7, 11) is 0. The van der Waals surface area contributed by atoms with Crippen LogP contribution in [0.25, 0.3) is 0 Å². The van der Waals surface area contributed by atoms with Gasteiger partial charge < -0.3 is 5.11 Å². The lowest BCUT2D eigenvalue weighted by molar-refractivity contribution is -0.127. The third kappa shape index (κ3) is 1.94. The van der Waals surface area contributed by atoms with E-state index in [1.807, 2.05) is 0 Å². The van der Waals surface area contributed by atoms with Crippen LogP contribution in [0.4, 0.5) is 8.78 Å². The maximum absolute atomic E-state index is 12.3. The summed E-state index contributed by atoms with van der Waals surface area (Å²) in [6.45, 7) is 1.26. The standard InChI is InChI=1S/C9H16F2O/c1-9(12,8(10)11)7-5-3-2-4-6-7/h7-8,12H,2-6H2,1H3. The number of rotatable bonds is 2. The zero-order valence-electron chi connectivity index (χ0n) is 7.39. The summed E-state index contributed by atoms with van der Waals surface area (Å²) in [5.41, 5.74) is -1.76. The van der Waals surface area contributed by atoms with Gasteiger partial charge in [0.05, 0.1) is 0 Å². The summed E-state index contributed by atoms with van der Waals surface area (Å²) in [4.78, 5) is 0. The Hall–Kier alpha value is -0.180. The molecule has 0 aliphatic heterocycles. The number of halogens is 2. The molecule has 1 atom stereocenters. The van der Waals surface area contributed by atoms with Gasteiger partial charge in [-0.05, 0) is 25.7 Å². The van der Waals surface area contributed by atoms with Crippen LogP contribution in [0.5, 0.6) is 0 Å². The van der Waals surface area contributed by atoms with E-state index in [0.29, 0.717) is 0 Å². The second kappa shape index (κ2) is 3.69. The van der Waals surface area contributed by atoms with Crippen LogP contribution >= 0.6 is 0 Å². The van der Waals surface area contributed by atoms with Crippen molar-refractivity contribution in [2.24, 2.45) is 5.92 Å². The molecule has 3 heteroatoms. The maximum Gasteiger partial charge on any atom is 0.266 e. The van der Waals surface area contributed by atoms with E-state index in [2.05, 4.69) is 0 Å². The Morgan fingerprint density at radius 1 is 1.25 bits per heavy atom. The van der Waals surface area contributed by atoms with E-state index in [-0.39, 0.29) is 5.92 Å². The van der Waals surface area contributed by atoms with Crippen LogP contribution in [0.1, 0.15) is 39.0 Å². The first kappa shape index (κ1) is 9.90. The third-order valence-electron chi connectivity index (χ3n) is 2.87. The first-order valence-electron chi connectivity index (χ1n) is 4.55. The maximum atomic E-state index is 12.3. The largest absolute Gasteiger partial charge is 0.384 e. The van der Waals surface area contributed by atoms with Crippen LogP contribution in [0.3, 0.4) is 0 Å². The van der Waals surface area contributed by atoms with Crippen molar-refractivity contribution in [2.45, 2.75) is 51.1 Å². The Morgan fingerprint density at radius 2 is 1.75 bits per heavy atom. The van der Waals surface area contributed by atoms with Crippen molar-refractivity contribution in [1.29, 1.82) is 0 Å². The number of aliphatic hydroxyl groups is 1. The van der Waals surface area contributed by atoms with Gasteiger partial charge in [0, 0.05) is 0 Å². The van der Waals surface area contributed by atoms with E-state index >= 15 is 0 Å². The number of hydrogen-bond donors (Lipinski definition) is 1. The van der Waals surface area contributed by atoms with Gasteiger partial charge in [0.1, 0.15) is 5.60 Å². The first-order chi connectivity index (χ1) is 5.55. The van der Waals surface area contributed by atoms with E-state index in [0.717, 1.165) is 32.1 Å². The van der Waals surface area contributed by atoms with Crippen LogP contribution in [0.2, 0.25) is 0 Å². The molecule has 1 rings (SSSR count). The zero-order valence-corrected chi connectivity index (χ0v) is 7.39. The van der Waals surface area contributed by atoms with Crippen molar-refractivity contribution < 1.29 is 13.9 Å². The van der Waals surface area contributed by atoms with Gasteiger partial charge in [-0.2, -0.15) is 0 Å². The molecular weight excluding hydrogens is 162 g/mol. The fourth-order valence-corrected chi connectivity index (χ4v) is 1.87. The summed E-state index contributed by atoms with van der Waals surface area (Å²) < 4.78 is 24.7. The van der Waals surface area contributed by atoms with E-state index in [1.54, 1.807) is 0 Å². The fraction of sp³-hybridized carbons (Fsp3) is 1.00. The van der Waals surface area contributed by atoms with Gasteiger partial charge in [0.15, 0.2) is 0 Å². The van der Waals surface area contributed by atoms with Crippen LogP contribution in [0.15, 0.2) is 0 Å². The molecule has 1 aliphatic rings. The van der Waals surface area contributed by atoms with E-state index < -0.39 is 12.0 Å². The van der Waals surface area contributed by atoms with Gasteiger partial charge in [-0.25, -0.2) is 8.78 Å². The summed E-state index contributed by atoms with van der Waals surface area (Å²) in [5.74, 6) is -0.203. The molecule has 0 aromatic rings. The molecule has 0 heterocycles. The predicted octanol–water partition coefficient (Wildman–Crippen LogP) is 2.58. The minimum Gasteiger partial charge on any atom is -0.384 e. The average molecular weight is 178 g/mol. The summed E-state index contributed by atoms with van der Waals surface area (Å²) in [6.07, 6.45) is 1.96. The molecule has 1 aliphatic carbocycles. The molecule has 12 heavy (non-hydrogen) atoms. The van der Waals surface area contributed by atoms with Crippen molar-refractivity contribution in [3.8, 4) is 0 Å². The molecule has 1 nitrogen and oxygen atoms in total. The fourth-order valence-electron chi connectivity index (χ4n) is 1.87. The monoisotopic (exact) mass is 178 g/mol. The van der Waals surface area contributed by atoms with Crippen LogP contribution < -0.4 is 0 Å². The highest BCUT2D eigenvalue weighted by Gasteiger charge is 2.40. The molecule has 0 bridgehead atoms. The normalized spacial score (nSPS) is 25.8. The van der Waals surface area contributed by atoms with Gasteiger partial charge in [-0.15, -0.1) is 0 Å². The Balaban J connectivity index is 2.53. The minimum absolute atomic E-state index is 0.203. The highest BCUT2D eigenvalue weighted by molar-refractivity contribution is 4.86. The summed E-state index contributed by atoms with van der Waals surface area (Å²) in [5, 5.41) is 9.47. The Kier molecular flexibility index (Phi) is 3.04. The number of hydrogen-bond acceptors (Lipinski definition) is 1. The van der Waals surface area contributed by atoms with Crippen molar-refractivity contribution in [3.63, 3.8) is 0 Å². The van der Waals surface area contributed by atoms with E-state index in [9.17, 15) is 13.9 Å². The van der Waals surface area contributed by atoms with Crippen molar-refractivity contribution in [3.05, 3.63) is 0 Å².